The number of piperazine rings is 1. The van der Waals surface area contributed by atoms with E-state index in [-0.39, 0.29) is 23.1 Å². The molecule has 0 aliphatic carbocycles. The number of piperidine rings is 1. The molecule has 12 nitrogen and oxygen atoms in total. The van der Waals surface area contributed by atoms with Gasteiger partial charge < -0.3 is 35.5 Å². The average Bonchev–Trinajstić information content (AvgIpc) is 3.04. The molecule has 1 aromatic carbocycles. The van der Waals surface area contributed by atoms with Gasteiger partial charge in [0.25, 0.3) is 11.5 Å². The molecule has 4 N–H and O–H groups in total. The number of anilines is 4. The van der Waals surface area contributed by atoms with E-state index in [1.54, 1.807) is 19.3 Å². The second-order valence-corrected chi connectivity index (χ2v) is 12.1. The number of aryl methyl sites for hydroxylation is 1. The third-order valence-electron chi connectivity index (χ3n) is 9.08. The number of pyridine rings is 1. The Kier molecular flexibility index (Phi) is 9.10. The number of nitrogens with two attached hydrogens (primary N) is 1. The molecule has 234 valence electrons. The molecule has 0 bridgehead atoms. The van der Waals surface area contributed by atoms with E-state index in [4.69, 9.17) is 15.5 Å². The van der Waals surface area contributed by atoms with Crippen LogP contribution in [0.1, 0.15) is 36.2 Å². The van der Waals surface area contributed by atoms with Crippen molar-refractivity contribution >= 4 is 28.9 Å². The second kappa shape index (κ2) is 13.3. The largest absolute Gasteiger partial charge is 0.381 e. The fraction of sp³-hybridized carbons (Fsp3) is 0.500. The van der Waals surface area contributed by atoms with E-state index in [0.29, 0.717) is 36.3 Å². The number of carbonyl (C=O) groups is 1. The molecule has 3 aliphatic rings. The van der Waals surface area contributed by atoms with Crippen molar-refractivity contribution in [3.63, 3.8) is 0 Å². The Morgan fingerprint density at radius 3 is 2.27 bits per heavy atom. The maximum Gasteiger partial charge on any atom is 0.271 e. The van der Waals surface area contributed by atoms with Crippen molar-refractivity contribution < 1.29 is 9.53 Å². The van der Waals surface area contributed by atoms with E-state index in [0.717, 1.165) is 57.8 Å². The van der Waals surface area contributed by atoms with Gasteiger partial charge >= 0.3 is 0 Å². The van der Waals surface area contributed by atoms with Gasteiger partial charge in [-0.15, -0.1) is 0 Å². The van der Waals surface area contributed by atoms with Gasteiger partial charge in [0.05, 0.1) is 0 Å². The first-order valence-electron chi connectivity index (χ1n) is 15.6. The Morgan fingerprint density at radius 2 is 1.61 bits per heavy atom. The highest BCUT2D eigenvalue weighted by atomic mass is 16.5. The van der Waals surface area contributed by atoms with Crippen molar-refractivity contribution in [2.45, 2.75) is 37.8 Å². The molecule has 3 saturated heterocycles. The van der Waals surface area contributed by atoms with Gasteiger partial charge in [0, 0.05) is 101 Å². The highest BCUT2D eigenvalue weighted by molar-refractivity contribution is 5.97. The topological polar surface area (TPSA) is 134 Å². The van der Waals surface area contributed by atoms with Gasteiger partial charge in [0.15, 0.2) is 17.3 Å². The summed E-state index contributed by atoms with van der Waals surface area (Å²) in [6.07, 6.45) is 5.64. The van der Waals surface area contributed by atoms with Gasteiger partial charge in [-0.05, 0) is 63.1 Å². The number of hydrogen-bond acceptors (Lipinski definition) is 10. The first-order chi connectivity index (χ1) is 21.3. The quantitative estimate of drug-likeness (QED) is 0.354. The van der Waals surface area contributed by atoms with Gasteiger partial charge in [-0.25, -0.2) is 9.97 Å². The molecule has 5 heterocycles. The minimum atomic E-state index is -0.706. The molecule has 0 saturated carbocycles. The van der Waals surface area contributed by atoms with Crippen LogP contribution in [0.4, 0.5) is 23.0 Å². The zero-order valence-corrected chi connectivity index (χ0v) is 25.7. The smallest absolute Gasteiger partial charge is 0.271 e. The Bertz CT molecular complexity index is 1500. The molecular weight excluding hydrogens is 558 g/mol. The van der Waals surface area contributed by atoms with E-state index in [9.17, 15) is 9.59 Å². The SMILES string of the molecule is CN1CCN(C2CCN(c3ccc(Nc4nc(NC5CCOCC5)c(-c5ccn(C)c(=O)c5)nc4C(N)=O)cc3)CC2)CC1. The zero-order valence-electron chi connectivity index (χ0n) is 25.7. The van der Waals surface area contributed by atoms with Crippen LogP contribution in [-0.4, -0.2) is 102 Å². The minimum absolute atomic E-state index is 0.00765. The molecule has 0 atom stereocenters. The summed E-state index contributed by atoms with van der Waals surface area (Å²) in [5.41, 5.74) is 8.54. The van der Waals surface area contributed by atoms with Crippen molar-refractivity contribution in [3.05, 3.63) is 58.6 Å². The summed E-state index contributed by atoms with van der Waals surface area (Å²) in [7, 11) is 3.88. The molecular formula is C32H43N9O3. The lowest BCUT2D eigenvalue weighted by atomic mass is 10.0. The van der Waals surface area contributed by atoms with E-state index < -0.39 is 5.91 Å². The average molecular weight is 602 g/mol. The van der Waals surface area contributed by atoms with Crippen LogP contribution in [0.2, 0.25) is 0 Å². The molecule has 3 fully saturated rings. The molecule has 0 spiro atoms. The highest BCUT2D eigenvalue weighted by Gasteiger charge is 2.27. The molecule has 44 heavy (non-hydrogen) atoms. The number of primary amides is 1. The van der Waals surface area contributed by atoms with E-state index in [1.807, 2.05) is 12.1 Å². The minimum Gasteiger partial charge on any atom is -0.381 e. The summed E-state index contributed by atoms with van der Waals surface area (Å²) in [6, 6.07) is 12.3. The fourth-order valence-corrected chi connectivity index (χ4v) is 6.30. The van der Waals surface area contributed by atoms with Gasteiger partial charge in [-0.1, -0.05) is 0 Å². The van der Waals surface area contributed by atoms with Crippen LogP contribution >= 0.6 is 0 Å². The van der Waals surface area contributed by atoms with Crippen molar-refractivity contribution in [2.24, 2.45) is 12.8 Å². The van der Waals surface area contributed by atoms with Crippen LogP contribution in [0.25, 0.3) is 11.3 Å². The summed E-state index contributed by atoms with van der Waals surface area (Å²) in [5.74, 6) is 0.0421. The number of aromatic nitrogens is 3. The van der Waals surface area contributed by atoms with Gasteiger partial charge in [-0.3, -0.25) is 14.5 Å². The number of hydrogen-bond donors (Lipinski definition) is 3. The van der Waals surface area contributed by atoms with Crippen LogP contribution in [0.3, 0.4) is 0 Å². The number of ether oxygens (including phenoxy) is 1. The number of nitrogens with one attached hydrogen (secondary N) is 2. The maximum atomic E-state index is 12.6. The number of rotatable bonds is 8. The molecule has 2 aromatic heterocycles. The Balaban J connectivity index is 1.21. The van der Waals surface area contributed by atoms with Crippen molar-refractivity contribution in [3.8, 4) is 11.3 Å². The van der Waals surface area contributed by atoms with Crippen LogP contribution in [0.5, 0.6) is 0 Å². The first kappa shape index (κ1) is 30.0. The lowest BCUT2D eigenvalue weighted by Crippen LogP contribution is -2.52. The number of likely N-dealkylation sites (N-methyl/N-ethyl adjacent to an activating group) is 1. The number of amides is 1. The summed E-state index contributed by atoms with van der Waals surface area (Å²) < 4.78 is 7.00. The van der Waals surface area contributed by atoms with Gasteiger partial charge in [-0.2, -0.15) is 0 Å². The Hall–Kier alpha value is -4.00. The van der Waals surface area contributed by atoms with Crippen LogP contribution < -0.4 is 26.8 Å². The first-order valence-corrected chi connectivity index (χ1v) is 15.6. The molecule has 12 heteroatoms. The molecule has 3 aliphatic heterocycles. The van der Waals surface area contributed by atoms with Gasteiger partial charge in [0.1, 0.15) is 5.69 Å². The normalized spacial score (nSPS) is 19.2. The number of benzene rings is 1. The molecule has 0 unspecified atom stereocenters. The number of nitrogens with zero attached hydrogens (tertiary/aromatic N) is 6. The molecule has 3 aromatic rings. The Morgan fingerprint density at radius 1 is 0.909 bits per heavy atom. The predicted molar refractivity (Wildman–Crippen MR) is 173 cm³/mol. The summed E-state index contributed by atoms with van der Waals surface area (Å²) in [4.78, 5) is 42.0. The van der Waals surface area contributed by atoms with Crippen molar-refractivity contribution in [1.29, 1.82) is 0 Å². The summed E-state index contributed by atoms with van der Waals surface area (Å²) in [5, 5.41) is 6.77. The summed E-state index contributed by atoms with van der Waals surface area (Å²) >= 11 is 0. The third kappa shape index (κ3) is 6.87. The molecule has 0 radical (unpaired) electrons. The lowest BCUT2D eigenvalue weighted by Gasteiger charge is -2.42. The standard InChI is InChI=1S/C32H43N9O3/c1-38-15-17-41(18-16-38)26-8-13-40(14-9-26)25-5-3-23(4-6-25)34-32-29(30(33)43)36-28(22-7-12-39(2)27(42)21-22)31(37-32)35-24-10-19-44-20-11-24/h3-7,12,21,24,26H,8-11,13-20H2,1-2H3,(H2,33,43)(H2,34,35,37). The Labute approximate surface area is 258 Å². The number of carbonyl (C=O) groups excluding carboxylic acids is 1. The van der Waals surface area contributed by atoms with E-state index >= 15 is 0 Å². The van der Waals surface area contributed by atoms with Crippen LogP contribution in [-0.2, 0) is 11.8 Å². The molecule has 1 amide bonds. The van der Waals surface area contributed by atoms with Crippen LogP contribution in [0, 0.1) is 0 Å². The molecule has 6 rings (SSSR count). The van der Waals surface area contributed by atoms with E-state index in [2.05, 4.69) is 49.5 Å². The van der Waals surface area contributed by atoms with Crippen molar-refractivity contribution in [2.75, 3.05) is 75.1 Å². The highest BCUT2D eigenvalue weighted by Crippen LogP contribution is 2.31. The second-order valence-electron chi connectivity index (χ2n) is 12.1. The van der Waals surface area contributed by atoms with Crippen LogP contribution in [0.15, 0.2) is 47.4 Å². The van der Waals surface area contributed by atoms with E-state index in [1.165, 1.54) is 29.2 Å². The fourth-order valence-electron chi connectivity index (χ4n) is 6.30. The maximum absolute atomic E-state index is 12.6. The zero-order chi connectivity index (χ0) is 30.6. The lowest BCUT2D eigenvalue weighted by molar-refractivity contribution is 0.0904. The monoisotopic (exact) mass is 601 g/mol. The van der Waals surface area contributed by atoms with Crippen molar-refractivity contribution in [1.82, 2.24) is 24.3 Å². The summed E-state index contributed by atoms with van der Waals surface area (Å²) in [6.45, 7) is 7.99. The van der Waals surface area contributed by atoms with Gasteiger partial charge in [0.2, 0.25) is 0 Å². The third-order valence-corrected chi connectivity index (χ3v) is 9.08. The predicted octanol–water partition coefficient (Wildman–Crippen LogP) is 2.49.